The largest absolute Gasteiger partial charge is 0.478 e. The average molecular weight is 537 g/mol. The lowest BCUT2D eigenvalue weighted by atomic mass is 10.0. The summed E-state index contributed by atoms with van der Waals surface area (Å²) in [7, 11) is -3.90. The van der Waals surface area contributed by atoms with Gasteiger partial charge in [-0.1, -0.05) is 35.9 Å². The second-order valence-corrected chi connectivity index (χ2v) is 10.1. The Kier molecular flexibility index (Phi) is 9.21. The monoisotopic (exact) mass is 536 g/mol. The summed E-state index contributed by atoms with van der Waals surface area (Å²) in [6, 6.07) is 12.8. The number of amides is 1. The number of hydrogen-bond donors (Lipinski definition) is 2. The summed E-state index contributed by atoms with van der Waals surface area (Å²) in [6.45, 7) is 3.60. The highest BCUT2D eigenvalue weighted by atomic mass is 35.5. The molecule has 0 aliphatic carbocycles. The van der Waals surface area contributed by atoms with Crippen molar-refractivity contribution in [1.29, 1.82) is 0 Å². The minimum absolute atomic E-state index is 0.0744. The number of carbonyl (C=O) groups is 3. The molecule has 0 radical (unpaired) electrons. The summed E-state index contributed by atoms with van der Waals surface area (Å²) < 4.78 is 32.8. The Bertz CT molecular complexity index is 1230. The number of sulfonamides is 1. The molecule has 2 heterocycles. The number of carboxylic acids is 2. The van der Waals surface area contributed by atoms with Crippen LogP contribution in [0.15, 0.2) is 65.6 Å². The van der Waals surface area contributed by atoms with Gasteiger partial charge in [-0.3, -0.25) is 9.69 Å². The van der Waals surface area contributed by atoms with Gasteiger partial charge in [0.1, 0.15) is 4.90 Å². The Morgan fingerprint density at radius 3 is 2.14 bits per heavy atom. The highest BCUT2D eigenvalue weighted by molar-refractivity contribution is 7.90. The summed E-state index contributed by atoms with van der Waals surface area (Å²) >= 11 is 6.01. The maximum atomic E-state index is 13.2. The first-order chi connectivity index (χ1) is 17.1. The van der Waals surface area contributed by atoms with Crippen LogP contribution in [0.5, 0.6) is 0 Å². The third-order valence-corrected chi connectivity index (χ3v) is 7.69. The molecule has 0 spiro atoms. The molecular weight excluding hydrogens is 512 g/mol. The Morgan fingerprint density at radius 1 is 1.00 bits per heavy atom. The van der Waals surface area contributed by atoms with E-state index in [1.54, 1.807) is 42.5 Å². The molecule has 1 unspecified atom stereocenters. The third kappa shape index (κ3) is 6.70. The van der Waals surface area contributed by atoms with E-state index in [9.17, 15) is 22.8 Å². The van der Waals surface area contributed by atoms with E-state index in [1.807, 2.05) is 0 Å². The summed E-state index contributed by atoms with van der Waals surface area (Å²) in [5, 5.41) is 16.2. The van der Waals surface area contributed by atoms with E-state index in [-0.39, 0.29) is 10.5 Å². The predicted octanol–water partition coefficient (Wildman–Crippen LogP) is 2.66. The van der Waals surface area contributed by atoms with Crippen molar-refractivity contribution in [1.82, 2.24) is 9.21 Å². The molecule has 0 aromatic heterocycles. The topological polar surface area (TPSA) is 142 Å². The van der Waals surface area contributed by atoms with Crippen molar-refractivity contribution in [3.63, 3.8) is 0 Å². The van der Waals surface area contributed by atoms with Gasteiger partial charge in [0.25, 0.3) is 15.9 Å². The molecule has 2 aromatic carbocycles. The third-order valence-electron chi connectivity index (χ3n) is 5.58. The molecule has 2 aliphatic rings. The van der Waals surface area contributed by atoms with Crippen molar-refractivity contribution in [2.75, 3.05) is 32.8 Å². The fourth-order valence-corrected chi connectivity index (χ4v) is 5.79. The van der Waals surface area contributed by atoms with Gasteiger partial charge in [-0.05, 0) is 36.2 Å². The van der Waals surface area contributed by atoms with E-state index in [4.69, 9.17) is 26.6 Å². The van der Waals surface area contributed by atoms with Gasteiger partial charge in [0, 0.05) is 36.8 Å². The minimum Gasteiger partial charge on any atom is -0.478 e. The van der Waals surface area contributed by atoms with Gasteiger partial charge >= 0.3 is 11.9 Å². The van der Waals surface area contributed by atoms with Crippen LogP contribution in [-0.2, 0) is 24.3 Å². The van der Waals surface area contributed by atoms with Crippen molar-refractivity contribution in [3.05, 3.63) is 76.8 Å². The smallest absolute Gasteiger partial charge is 0.328 e. The van der Waals surface area contributed by atoms with Crippen LogP contribution in [0.1, 0.15) is 28.4 Å². The summed E-state index contributed by atoms with van der Waals surface area (Å²) in [5.41, 5.74) is 0.982. The number of aliphatic carboxylic acids is 2. The first kappa shape index (κ1) is 27.3. The minimum atomic E-state index is -3.90. The summed E-state index contributed by atoms with van der Waals surface area (Å²) in [5.74, 6) is -2.99. The fourth-order valence-electron chi connectivity index (χ4n) is 3.89. The molecule has 1 atom stereocenters. The lowest BCUT2D eigenvalue weighted by molar-refractivity contribution is -0.134. The standard InChI is InChI=1S/C20H21ClN2O4S.C4H4O4/c21-16-7-5-15(6-8-16)18(9-10-22-11-13-27-14-12-22)23-20(24)17-3-1-2-4-19(17)28(23,25)26;5-3(6)1-2-4(7)8/h1-8,18H,9-14H2;1-2H,(H,5,6)(H,7,8). The van der Waals surface area contributed by atoms with Crippen LogP contribution in [0.4, 0.5) is 0 Å². The van der Waals surface area contributed by atoms with Gasteiger partial charge in [-0.15, -0.1) is 0 Å². The zero-order valence-corrected chi connectivity index (χ0v) is 20.7. The van der Waals surface area contributed by atoms with Crippen molar-refractivity contribution in [2.24, 2.45) is 0 Å². The van der Waals surface area contributed by atoms with Crippen molar-refractivity contribution in [2.45, 2.75) is 17.4 Å². The van der Waals surface area contributed by atoms with Gasteiger partial charge < -0.3 is 14.9 Å². The van der Waals surface area contributed by atoms with Gasteiger partial charge in [0.15, 0.2) is 0 Å². The molecule has 1 saturated heterocycles. The zero-order valence-electron chi connectivity index (χ0n) is 19.1. The molecule has 12 heteroatoms. The molecule has 2 aliphatic heterocycles. The van der Waals surface area contributed by atoms with Crippen LogP contribution < -0.4 is 0 Å². The first-order valence-corrected chi connectivity index (χ1v) is 12.8. The number of hydrogen-bond acceptors (Lipinski definition) is 7. The molecular formula is C24H25ClN2O8S. The van der Waals surface area contributed by atoms with Crippen LogP contribution in [0.3, 0.4) is 0 Å². The van der Waals surface area contributed by atoms with E-state index >= 15 is 0 Å². The average Bonchev–Trinajstić information content (AvgIpc) is 3.06. The number of rotatable bonds is 7. The molecule has 0 bridgehead atoms. The van der Waals surface area contributed by atoms with Crippen LogP contribution >= 0.6 is 11.6 Å². The molecule has 0 saturated carbocycles. The number of morpholine rings is 1. The zero-order chi connectivity index (χ0) is 26.3. The lowest BCUT2D eigenvalue weighted by Gasteiger charge is -2.31. The normalized spacial score (nSPS) is 17.8. The Balaban J connectivity index is 0.000000392. The fraction of sp³-hybridized carbons (Fsp3) is 0.292. The van der Waals surface area contributed by atoms with E-state index in [0.29, 0.717) is 43.4 Å². The van der Waals surface area contributed by atoms with Crippen molar-refractivity contribution in [3.8, 4) is 0 Å². The van der Waals surface area contributed by atoms with Crippen LogP contribution in [0.2, 0.25) is 5.02 Å². The highest BCUT2D eigenvalue weighted by Crippen LogP contribution is 2.38. The number of carboxylic acid groups (broad SMARTS) is 2. The van der Waals surface area contributed by atoms with Crippen molar-refractivity contribution >= 4 is 39.5 Å². The second kappa shape index (κ2) is 12.1. The molecule has 10 nitrogen and oxygen atoms in total. The predicted molar refractivity (Wildman–Crippen MR) is 130 cm³/mol. The number of ether oxygens (including phenoxy) is 1. The maximum absolute atomic E-state index is 13.2. The SMILES string of the molecule is O=C(O)C=CC(=O)O.O=C1c2ccccc2S(=O)(=O)N1C(CCN1CCOCC1)c1ccc(Cl)cc1. The number of carbonyl (C=O) groups excluding carboxylic acids is 1. The van der Waals surface area contributed by atoms with Crippen LogP contribution in [0, 0.1) is 0 Å². The lowest BCUT2D eigenvalue weighted by Crippen LogP contribution is -2.40. The van der Waals surface area contributed by atoms with Gasteiger partial charge in [0.05, 0.1) is 24.8 Å². The second-order valence-electron chi connectivity index (χ2n) is 7.92. The van der Waals surface area contributed by atoms with Gasteiger partial charge in [-0.25, -0.2) is 22.3 Å². The van der Waals surface area contributed by atoms with E-state index < -0.39 is 33.9 Å². The van der Waals surface area contributed by atoms with Gasteiger partial charge in [0.2, 0.25) is 0 Å². The highest BCUT2D eigenvalue weighted by Gasteiger charge is 2.45. The molecule has 1 amide bonds. The molecule has 36 heavy (non-hydrogen) atoms. The molecule has 2 aromatic rings. The Hall–Kier alpha value is -3.25. The molecule has 1 fully saturated rings. The summed E-state index contributed by atoms with van der Waals surface area (Å²) in [6.07, 6.45) is 1.62. The quantitative estimate of drug-likeness (QED) is 0.511. The number of halogens is 1. The maximum Gasteiger partial charge on any atom is 0.328 e. The van der Waals surface area contributed by atoms with E-state index in [1.165, 1.54) is 6.07 Å². The van der Waals surface area contributed by atoms with Crippen molar-refractivity contribution < 1.29 is 37.8 Å². The van der Waals surface area contributed by atoms with E-state index in [0.717, 1.165) is 23.0 Å². The Labute approximate surface area is 213 Å². The number of fused-ring (bicyclic) bond motifs is 1. The number of nitrogens with zero attached hydrogens (tertiary/aromatic N) is 2. The van der Waals surface area contributed by atoms with Crippen LogP contribution in [-0.4, -0.2) is 78.5 Å². The Morgan fingerprint density at radius 2 is 1.58 bits per heavy atom. The molecule has 2 N–H and O–H groups in total. The first-order valence-electron chi connectivity index (χ1n) is 11.0. The summed E-state index contributed by atoms with van der Waals surface area (Å²) in [4.78, 5) is 34.4. The van der Waals surface area contributed by atoms with Crippen LogP contribution in [0.25, 0.3) is 0 Å². The van der Waals surface area contributed by atoms with E-state index in [2.05, 4.69) is 4.90 Å². The molecule has 192 valence electrons. The van der Waals surface area contributed by atoms with Gasteiger partial charge in [-0.2, -0.15) is 0 Å². The number of benzene rings is 2. The molecule has 4 rings (SSSR count).